The molecule has 1 aliphatic rings. The van der Waals surface area contributed by atoms with Gasteiger partial charge >= 0.3 is 6.09 Å². The Bertz CT molecular complexity index is 635. The fourth-order valence-corrected chi connectivity index (χ4v) is 3.13. The lowest BCUT2D eigenvalue weighted by Gasteiger charge is -2.39. The van der Waals surface area contributed by atoms with Gasteiger partial charge in [-0.2, -0.15) is 0 Å². The van der Waals surface area contributed by atoms with E-state index in [0.29, 0.717) is 22.3 Å². The molecule has 0 radical (unpaired) electrons. The van der Waals surface area contributed by atoms with E-state index in [-0.39, 0.29) is 13.1 Å². The van der Waals surface area contributed by atoms with Crippen LogP contribution in [0, 0.1) is 0 Å². The normalized spacial score (nSPS) is 20.3. The number of carbonyl (C=O) groups is 1. The van der Waals surface area contributed by atoms with Crippen LogP contribution in [-0.2, 0) is 10.1 Å². The minimum atomic E-state index is -2.92. The number of piperidine rings is 1. The molecule has 1 unspecified atom stereocenters. The van der Waals surface area contributed by atoms with Crippen molar-refractivity contribution in [1.82, 2.24) is 9.88 Å². The lowest BCUT2D eigenvalue weighted by Crippen LogP contribution is -2.49. The van der Waals surface area contributed by atoms with E-state index in [0.717, 1.165) is 0 Å². The lowest BCUT2D eigenvalue weighted by atomic mass is 9.87. The zero-order valence-corrected chi connectivity index (χ0v) is 16.4. The van der Waals surface area contributed by atoms with Crippen molar-refractivity contribution in [2.75, 3.05) is 20.2 Å². The van der Waals surface area contributed by atoms with Crippen LogP contribution >= 0.6 is 15.9 Å². The summed E-state index contributed by atoms with van der Waals surface area (Å²) < 4.78 is 39.4. The molecular formula is C17H23BrF2N2O3. The summed E-state index contributed by atoms with van der Waals surface area (Å²) in [6.07, 6.45) is 0.407. The maximum atomic E-state index is 14.5. The summed E-state index contributed by atoms with van der Waals surface area (Å²) in [5.74, 6) is -3.66. The number of hydrogen-bond acceptors (Lipinski definition) is 4. The van der Waals surface area contributed by atoms with Crippen molar-refractivity contribution >= 4 is 22.0 Å². The number of alkyl halides is 3. The summed E-state index contributed by atoms with van der Waals surface area (Å²) >= 11 is 3.31. The molecule has 140 valence electrons. The van der Waals surface area contributed by atoms with Crippen molar-refractivity contribution in [3.05, 3.63) is 23.4 Å². The van der Waals surface area contributed by atoms with Crippen molar-refractivity contribution in [1.29, 1.82) is 0 Å². The third kappa shape index (κ3) is 4.80. The molecule has 0 aliphatic carbocycles. The molecule has 0 bridgehead atoms. The average molecular weight is 421 g/mol. The smallest absolute Gasteiger partial charge is 0.410 e. The summed E-state index contributed by atoms with van der Waals surface area (Å²) in [7, 11) is 1.48. The monoisotopic (exact) mass is 420 g/mol. The van der Waals surface area contributed by atoms with E-state index in [4.69, 9.17) is 9.47 Å². The Morgan fingerprint density at radius 3 is 2.72 bits per heavy atom. The highest BCUT2D eigenvalue weighted by molar-refractivity contribution is 9.08. The van der Waals surface area contributed by atoms with Crippen LogP contribution in [0.1, 0.15) is 44.2 Å². The van der Waals surface area contributed by atoms with Gasteiger partial charge in [-0.25, -0.2) is 18.6 Å². The highest BCUT2D eigenvalue weighted by atomic mass is 79.9. The molecule has 2 rings (SSSR count). The molecule has 1 fully saturated rings. The van der Waals surface area contributed by atoms with Gasteiger partial charge in [0.05, 0.1) is 13.0 Å². The van der Waals surface area contributed by atoms with Crippen molar-refractivity contribution < 1.29 is 23.0 Å². The summed E-state index contributed by atoms with van der Waals surface area (Å²) in [4.78, 5) is 17.7. The zero-order chi connectivity index (χ0) is 18.8. The van der Waals surface area contributed by atoms with Crippen LogP contribution < -0.4 is 4.74 Å². The van der Waals surface area contributed by atoms with Crippen LogP contribution in [0.4, 0.5) is 13.6 Å². The molecule has 0 aromatic carbocycles. The number of amides is 1. The third-order valence-corrected chi connectivity index (χ3v) is 4.57. The number of likely N-dealkylation sites (tertiary alicyclic amines) is 1. The first kappa shape index (κ1) is 19.9. The molecule has 1 aromatic rings. The van der Waals surface area contributed by atoms with E-state index in [9.17, 15) is 13.6 Å². The molecular weight excluding hydrogens is 398 g/mol. The first-order valence-corrected chi connectivity index (χ1v) is 9.14. The van der Waals surface area contributed by atoms with Crippen LogP contribution in [-0.4, -0.2) is 47.7 Å². The van der Waals surface area contributed by atoms with Gasteiger partial charge in [-0.3, -0.25) is 0 Å². The van der Waals surface area contributed by atoms with Gasteiger partial charge in [0.15, 0.2) is 0 Å². The Kier molecular flexibility index (Phi) is 5.91. The number of carbonyl (C=O) groups excluding carboxylic acids is 1. The van der Waals surface area contributed by atoms with E-state index in [1.807, 2.05) is 0 Å². The van der Waals surface area contributed by atoms with Gasteiger partial charge < -0.3 is 14.4 Å². The average Bonchev–Trinajstić information content (AvgIpc) is 2.52. The second-order valence-corrected chi connectivity index (χ2v) is 7.62. The van der Waals surface area contributed by atoms with E-state index in [1.54, 1.807) is 26.8 Å². The molecule has 1 amide bonds. The molecule has 25 heavy (non-hydrogen) atoms. The van der Waals surface area contributed by atoms with Gasteiger partial charge in [-0.05, 0) is 32.4 Å². The number of halogens is 3. The molecule has 1 atom stereocenters. The summed E-state index contributed by atoms with van der Waals surface area (Å²) in [6, 6.07) is 1.65. The molecule has 1 aromatic heterocycles. The molecule has 1 aliphatic heterocycles. The Morgan fingerprint density at radius 1 is 1.48 bits per heavy atom. The first-order valence-electron chi connectivity index (χ1n) is 8.02. The predicted molar refractivity (Wildman–Crippen MR) is 93.5 cm³/mol. The van der Waals surface area contributed by atoms with Gasteiger partial charge in [0, 0.05) is 36.6 Å². The molecule has 0 N–H and O–H groups in total. The van der Waals surface area contributed by atoms with Gasteiger partial charge in [-0.15, -0.1) is 0 Å². The predicted octanol–water partition coefficient (Wildman–Crippen LogP) is 4.34. The van der Waals surface area contributed by atoms with E-state index < -0.39 is 30.0 Å². The standard InChI is InChI=1S/C17H23BrF2N2O3/c1-16(2,3)25-15(23)22-6-5-17(19,20)13(10-22)12-7-11(8-18)14(24-4)21-9-12/h7,9,13H,5-6,8,10H2,1-4H3. The zero-order valence-electron chi connectivity index (χ0n) is 14.8. The number of aromatic nitrogens is 1. The number of pyridine rings is 1. The highest BCUT2D eigenvalue weighted by Gasteiger charge is 2.46. The topological polar surface area (TPSA) is 51.7 Å². The van der Waals surface area contributed by atoms with Crippen molar-refractivity contribution in [2.45, 2.75) is 50.0 Å². The Morgan fingerprint density at radius 2 is 2.16 bits per heavy atom. The summed E-state index contributed by atoms with van der Waals surface area (Å²) in [6.45, 7) is 5.09. The van der Waals surface area contributed by atoms with Crippen LogP contribution in [0.3, 0.4) is 0 Å². The van der Waals surface area contributed by atoms with Gasteiger partial charge in [0.25, 0.3) is 5.92 Å². The Labute approximate surface area is 154 Å². The first-order chi connectivity index (χ1) is 11.6. The number of methoxy groups -OCH3 is 1. The number of rotatable bonds is 3. The van der Waals surface area contributed by atoms with Crippen LogP contribution in [0.5, 0.6) is 5.88 Å². The molecule has 1 saturated heterocycles. The molecule has 0 spiro atoms. The second kappa shape index (κ2) is 7.43. The highest BCUT2D eigenvalue weighted by Crippen LogP contribution is 2.41. The molecule has 2 heterocycles. The maximum absolute atomic E-state index is 14.5. The van der Waals surface area contributed by atoms with E-state index >= 15 is 0 Å². The second-order valence-electron chi connectivity index (χ2n) is 7.06. The minimum absolute atomic E-state index is 0.0344. The van der Waals surface area contributed by atoms with Gasteiger partial charge in [0.1, 0.15) is 5.60 Å². The molecule has 5 nitrogen and oxygen atoms in total. The van der Waals surface area contributed by atoms with Crippen LogP contribution in [0.2, 0.25) is 0 Å². The minimum Gasteiger partial charge on any atom is -0.481 e. The van der Waals surface area contributed by atoms with Crippen molar-refractivity contribution in [3.63, 3.8) is 0 Å². The number of hydrogen-bond donors (Lipinski definition) is 0. The Hall–Kier alpha value is -1.44. The number of ether oxygens (including phenoxy) is 2. The van der Waals surface area contributed by atoms with Crippen LogP contribution in [0.25, 0.3) is 0 Å². The van der Waals surface area contributed by atoms with E-state index in [2.05, 4.69) is 20.9 Å². The van der Waals surface area contributed by atoms with E-state index in [1.165, 1.54) is 18.2 Å². The Balaban J connectivity index is 2.26. The number of nitrogens with zero attached hydrogens (tertiary/aromatic N) is 2. The summed E-state index contributed by atoms with van der Waals surface area (Å²) in [5, 5.41) is 0.436. The quantitative estimate of drug-likeness (QED) is 0.682. The van der Waals surface area contributed by atoms with Crippen molar-refractivity contribution in [3.8, 4) is 5.88 Å². The largest absolute Gasteiger partial charge is 0.481 e. The van der Waals surface area contributed by atoms with Gasteiger partial charge in [0.2, 0.25) is 5.88 Å². The SMILES string of the molecule is COc1ncc(C2CN(C(=O)OC(C)(C)C)CCC2(F)F)cc1CBr. The third-order valence-electron chi connectivity index (χ3n) is 3.97. The fraction of sp³-hybridized carbons (Fsp3) is 0.647. The lowest BCUT2D eigenvalue weighted by molar-refractivity contribution is -0.0771. The van der Waals surface area contributed by atoms with Gasteiger partial charge in [-0.1, -0.05) is 15.9 Å². The summed E-state index contributed by atoms with van der Waals surface area (Å²) in [5.41, 5.74) is 0.399. The molecule has 8 heteroatoms. The molecule has 0 saturated carbocycles. The maximum Gasteiger partial charge on any atom is 0.410 e. The van der Waals surface area contributed by atoms with Crippen LogP contribution in [0.15, 0.2) is 12.3 Å². The fourth-order valence-electron chi connectivity index (χ4n) is 2.73. The van der Waals surface area contributed by atoms with Crippen molar-refractivity contribution in [2.24, 2.45) is 0 Å².